The van der Waals surface area contributed by atoms with Crippen LogP contribution in [-0.4, -0.2) is 11.4 Å². The van der Waals surface area contributed by atoms with Crippen LogP contribution in [0.1, 0.15) is 32.6 Å². The van der Waals surface area contributed by atoms with Crippen LogP contribution in [0.4, 0.5) is 0 Å². The molecular formula is C8H15NO. The van der Waals surface area contributed by atoms with Gasteiger partial charge in [-0.1, -0.05) is 31.0 Å². The van der Waals surface area contributed by atoms with Crippen molar-refractivity contribution >= 4 is 6.21 Å². The summed E-state index contributed by atoms with van der Waals surface area (Å²) in [4.78, 5) is 0. The fraction of sp³-hybridized carbons (Fsp3) is 0.625. The zero-order chi connectivity index (χ0) is 7.66. The maximum absolute atomic E-state index is 7.99. The van der Waals surface area contributed by atoms with Crippen molar-refractivity contribution < 1.29 is 5.21 Å². The largest absolute Gasteiger partial charge is 0.411 e. The molecule has 1 N–H and O–H groups in total. The summed E-state index contributed by atoms with van der Waals surface area (Å²) in [5, 5.41) is 10.8. The topological polar surface area (TPSA) is 32.6 Å². The van der Waals surface area contributed by atoms with Crippen molar-refractivity contribution in [3.63, 3.8) is 0 Å². The van der Waals surface area contributed by atoms with Gasteiger partial charge in [-0.2, -0.15) is 0 Å². The van der Waals surface area contributed by atoms with Crippen LogP contribution in [0.15, 0.2) is 17.3 Å². The van der Waals surface area contributed by atoms with Gasteiger partial charge < -0.3 is 5.21 Å². The monoisotopic (exact) mass is 141 g/mol. The SMILES string of the molecule is CCCCCC=CC=NO. The molecule has 0 amide bonds. The van der Waals surface area contributed by atoms with Crippen molar-refractivity contribution in [2.24, 2.45) is 5.16 Å². The Kier molecular flexibility index (Phi) is 7.56. The zero-order valence-corrected chi connectivity index (χ0v) is 6.45. The quantitative estimate of drug-likeness (QED) is 0.271. The average molecular weight is 141 g/mol. The minimum Gasteiger partial charge on any atom is -0.411 e. The maximum atomic E-state index is 7.99. The lowest BCUT2D eigenvalue weighted by Crippen LogP contribution is -1.71. The summed E-state index contributed by atoms with van der Waals surface area (Å²) in [7, 11) is 0. The molecule has 0 aromatic heterocycles. The van der Waals surface area contributed by atoms with Crippen LogP contribution in [0.2, 0.25) is 0 Å². The van der Waals surface area contributed by atoms with Gasteiger partial charge in [0, 0.05) is 0 Å². The molecule has 0 aliphatic rings. The number of hydrogen-bond acceptors (Lipinski definition) is 2. The molecule has 0 saturated carbocycles. The Bertz CT molecular complexity index is 108. The minimum absolute atomic E-state index is 1.08. The first kappa shape index (κ1) is 9.21. The van der Waals surface area contributed by atoms with E-state index in [4.69, 9.17) is 5.21 Å². The van der Waals surface area contributed by atoms with E-state index < -0.39 is 0 Å². The van der Waals surface area contributed by atoms with Gasteiger partial charge in [0.25, 0.3) is 0 Å². The van der Waals surface area contributed by atoms with Crippen LogP contribution < -0.4 is 0 Å². The van der Waals surface area contributed by atoms with Gasteiger partial charge in [0.15, 0.2) is 0 Å². The Hall–Kier alpha value is -0.790. The number of rotatable bonds is 5. The van der Waals surface area contributed by atoms with E-state index in [0.29, 0.717) is 0 Å². The van der Waals surface area contributed by atoms with Crippen molar-refractivity contribution in [3.8, 4) is 0 Å². The summed E-state index contributed by atoms with van der Waals surface area (Å²) < 4.78 is 0. The van der Waals surface area contributed by atoms with Crippen LogP contribution in [-0.2, 0) is 0 Å². The van der Waals surface area contributed by atoms with E-state index in [9.17, 15) is 0 Å². The third kappa shape index (κ3) is 7.21. The van der Waals surface area contributed by atoms with Gasteiger partial charge in [-0.3, -0.25) is 0 Å². The predicted molar refractivity (Wildman–Crippen MR) is 43.6 cm³/mol. The minimum atomic E-state index is 1.08. The molecule has 2 heteroatoms. The molecule has 2 nitrogen and oxygen atoms in total. The van der Waals surface area contributed by atoms with Gasteiger partial charge in [-0.05, 0) is 18.9 Å². The summed E-state index contributed by atoms with van der Waals surface area (Å²) in [6.07, 6.45) is 9.99. The third-order valence-electron chi connectivity index (χ3n) is 1.26. The van der Waals surface area contributed by atoms with E-state index >= 15 is 0 Å². The summed E-state index contributed by atoms with van der Waals surface area (Å²) in [5.41, 5.74) is 0. The fourth-order valence-corrected chi connectivity index (χ4v) is 0.708. The lowest BCUT2D eigenvalue weighted by atomic mass is 10.2. The second-order valence-corrected chi connectivity index (χ2v) is 2.19. The highest BCUT2D eigenvalue weighted by Gasteiger charge is 1.79. The number of oxime groups is 1. The standard InChI is InChI=1S/C8H15NO/c1-2-3-4-5-6-7-8-9-10/h6-8,10H,2-5H2,1H3. The fourth-order valence-electron chi connectivity index (χ4n) is 0.708. The molecule has 0 heterocycles. The molecule has 0 radical (unpaired) electrons. The number of unbranched alkanes of at least 4 members (excludes halogenated alkanes) is 3. The Morgan fingerprint density at radius 3 is 2.80 bits per heavy atom. The Morgan fingerprint density at radius 1 is 1.40 bits per heavy atom. The van der Waals surface area contributed by atoms with E-state index in [1.165, 1.54) is 25.5 Å². The van der Waals surface area contributed by atoms with Crippen LogP contribution in [0.25, 0.3) is 0 Å². The molecule has 58 valence electrons. The zero-order valence-electron chi connectivity index (χ0n) is 6.45. The van der Waals surface area contributed by atoms with Crippen LogP contribution >= 0.6 is 0 Å². The normalized spacial score (nSPS) is 11.7. The van der Waals surface area contributed by atoms with Crippen molar-refractivity contribution in [2.75, 3.05) is 0 Å². The molecule has 0 fully saturated rings. The van der Waals surface area contributed by atoms with Crippen molar-refractivity contribution in [3.05, 3.63) is 12.2 Å². The molecule has 0 aliphatic heterocycles. The highest BCUT2D eigenvalue weighted by Crippen LogP contribution is 1.98. The highest BCUT2D eigenvalue weighted by atomic mass is 16.4. The lowest BCUT2D eigenvalue weighted by Gasteiger charge is -1.89. The molecule has 0 unspecified atom stereocenters. The molecule has 0 bridgehead atoms. The Balaban J connectivity index is 3.02. The summed E-state index contributed by atoms with van der Waals surface area (Å²) in [6, 6.07) is 0. The number of allylic oxidation sites excluding steroid dienone is 2. The Morgan fingerprint density at radius 2 is 2.20 bits per heavy atom. The summed E-state index contributed by atoms with van der Waals surface area (Å²) in [5.74, 6) is 0. The molecular weight excluding hydrogens is 126 g/mol. The van der Waals surface area contributed by atoms with E-state index in [-0.39, 0.29) is 0 Å². The molecule has 10 heavy (non-hydrogen) atoms. The highest BCUT2D eigenvalue weighted by molar-refractivity contribution is 5.70. The first-order valence-electron chi connectivity index (χ1n) is 3.74. The molecule has 0 atom stereocenters. The Labute approximate surface area is 62.2 Å². The van der Waals surface area contributed by atoms with Crippen LogP contribution in [0.5, 0.6) is 0 Å². The predicted octanol–water partition coefficient (Wildman–Crippen LogP) is 2.58. The first-order valence-corrected chi connectivity index (χ1v) is 3.74. The second kappa shape index (κ2) is 8.21. The molecule has 0 saturated heterocycles. The molecule has 0 rings (SSSR count). The second-order valence-electron chi connectivity index (χ2n) is 2.19. The van der Waals surface area contributed by atoms with E-state index in [1.54, 1.807) is 6.08 Å². The average Bonchev–Trinajstić information content (AvgIpc) is 1.97. The molecule has 0 aromatic rings. The number of hydrogen-bond donors (Lipinski definition) is 1. The number of nitrogens with zero attached hydrogens (tertiary/aromatic N) is 1. The smallest absolute Gasteiger partial charge is 0.0658 e. The third-order valence-corrected chi connectivity index (χ3v) is 1.26. The van der Waals surface area contributed by atoms with E-state index in [0.717, 1.165) is 6.42 Å². The molecule has 0 spiro atoms. The van der Waals surface area contributed by atoms with Gasteiger partial charge in [-0.25, -0.2) is 0 Å². The van der Waals surface area contributed by atoms with Gasteiger partial charge >= 0.3 is 0 Å². The van der Waals surface area contributed by atoms with E-state index in [2.05, 4.69) is 12.1 Å². The van der Waals surface area contributed by atoms with Gasteiger partial charge in [0.2, 0.25) is 0 Å². The molecule has 0 aromatic carbocycles. The van der Waals surface area contributed by atoms with Gasteiger partial charge in [0.1, 0.15) is 0 Å². The first-order chi connectivity index (χ1) is 4.91. The van der Waals surface area contributed by atoms with Crippen molar-refractivity contribution in [1.82, 2.24) is 0 Å². The van der Waals surface area contributed by atoms with Crippen molar-refractivity contribution in [1.29, 1.82) is 0 Å². The van der Waals surface area contributed by atoms with Gasteiger partial charge in [0.05, 0.1) is 6.21 Å². The molecule has 0 aliphatic carbocycles. The van der Waals surface area contributed by atoms with Crippen molar-refractivity contribution in [2.45, 2.75) is 32.6 Å². The van der Waals surface area contributed by atoms with Gasteiger partial charge in [-0.15, -0.1) is 0 Å². The maximum Gasteiger partial charge on any atom is 0.0658 e. The lowest BCUT2D eigenvalue weighted by molar-refractivity contribution is 0.322. The van der Waals surface area contributed by atoms with Crippen LogP contribution in [0.3, 0.4) is 0 Å². The van der Waals surface area contributed by atoms with E-state index in [1.807, 2.05) is 6.08 Å². The summed E-state index contributed by atoms with van der Waals surface area (Å²) in [6.45, 7) is 2.18. The summed E-state index contributed by atoms with van der Waals surface area (Å²) >= 11 is 0. The van der Waals surface area contributed by atoms with Crippen LogP contribution in [0, 0.1) is 0 Å².